The highest BCUT2D eigenvalue weighted by Gasteiger charge is 2.03. The van der Waals surface area contributed by atoms with Gasteiger partial charge in [0.1, 0.15) is 5.75 Å². The minimum absolute atomic E-state index is 0.518. The lowest BCUT2D eigenvalue weighted by Gasteiger charge is -2.12. The predicted molar refractivity (Wildman–Crippen MR) is 80.0 cm³/mol. The highest BCUT2D eigenvalue weighted by molar-refractivity contribution is 5.37. The summed E-state index contributed by atoms with van der Waals surface area (Å²) in [6.07, 6.45) is 0.901. The predicted octanol–water partition coefficient (Wildman–Crippen LogP) is 2.95. The minimum atomic E-state index is 0.518. The van der Waals surface area contributed by atoms with Crippen molar-refractivity contribution in [3.63, 3.8) is 0 Å². The van der Waals surface area contributed by atoms with Gasteiger partial charge in [-0.2, -0.15) is 0 Å². The maximum atomic E-state index is 5.64. The van der Waals surface area contributed by atoms with Crippen molar-refractivity contribution in [1.82, 2.24) is 5.32 Å². The molecule has 0 aromatic heterocycles. The van der Waals surface area contributed by atoms with Gasteiger partial charge in [0.2, 0.25) is 0 Å². The van der Waals surface area contributed by atoms with Crippen molar-refractivity contribution in [2.24, 2.45) is 0 Å². The van der Waals surface area contributed by atoms with Crippen molar-refractivity contribution in [2.45, 2.75) is 40.2 Å². The lowest BCUT2D eigenvalue weighted by Crippen LogP contribution is -2.26. The van der Waals surface area contributed by atoms with E-state index in [-0.39, 0.29) is 0 Å². The van der Waals surface area contributed by atoms with E-state index in [1.165, 1.54) is 11.1 Å². The Morgan fingerprint density at radius 3 is 2.68 bits per heavy atom. The second kappa shape index (κ2) is 8.94. The van der Waals surface area contributed by atoms with Crippen LogP contribution in [-0.2, 0) is 11.2 Å². The first-order valence-corrected chi connectivity index (χ1v) is 7.17. The van der Waals surface area contributed by atoms with Gasteiger partial charge in [-0.25, -0.2) is 0 Å². The molecule has 3 nitrogen and oxygen atoms in total. The molecule has 3 heteroatoms. The summed E-state index contributed by atoms with van der Waals surface area (Å²) in [4.78, 5) is 0. The van der Waals surface area contributed by atoms with Crippen LogP contribution in [0.3, 0.4) is 0 Å². The molecule has 0 saturated carbocycles. The molecule has 108 valence electrons. The van der Waals surface area contributed by atoms with Crippen molar-refractivity contribution >= 4 is 0 Å². The van der Waals surface area contributed by atoms with Gasteiger partial charge in [0.25, 0.3) is 0 Å². The van der Waals surface area contributed by atoms with Gasteiger partial charge in [0, 0.05) is 12.6 Å². The van der Waals surface area contributed by atoms with E-state index in [4.69, 9.17) is 9.47 Å². The van der Waals surface area contributed by atoms with E-state index in [1.54, 1.807) is 0 Å². The molecule has 0 spiro atoms. The molecule has 0 unspecified atom stereocenters. The lowest BCUT2D eigenvalue weighted by molar-refractivity contribution is 0.137. The van der Waals surface area contributed by atoms with E-state index >= 15 is 0 Å². The number of aryl methyl sites for hydroxylation is 1. The molecule has 1 aromatic rings. The molecule has 0 amide bonds. The summed E-state index contributed by atoms with van der Waals surface area (Å²) in [5, 5.41) is 3.34. The lowest BCUT2D eigenvalue weighted by atomic mass is 10.1. The fourth-order valence-corrected chi connectivity index (χ4v) is 1.90. The zero-order chi connectivity index (χ0) is 14.1. The summed E-state index contributed by atoms with van der Waals surface area (Å²) in [6, 6.07) is 6.84. The molecular weight excluding hydrogens is 238 g/mol. The first-order chi connectivity index (χ1) is 9.13. The van der Waals surface area contributed by atoms with Gasteiger partial charge in [0.05, 0.1) is 19.8 Å². The molecule has 0 aliphatic carbocycles. The molecule has 1 N–H and O–H groups in total. The summed E-state index contributed by atoms with van der Waals surface area (Å²) in [7, 11) is 0. The third-order valence-corrected chi connectivity index (χ3v) is 2.83. The first kappa shape index (κ1) is 16.0. The van der Waals surface area contributed by atoms with Crippen molar-refractivity contribution in [2.75, 3.05) is 26.4 Å². The average molecular weight is 265 g/mol. The Kier molecular flexibility index (Phi) is 7.53. The van der Waals surface area contributed by atoms with Crippen LogP contribution in [0.5, 0.6) is 5.75 Å². The monoisotopic (exact) mass is 265 g/mol. The Labute approximate surface area is 117 Å². The highest BCUT2D eigenvalue weighted by atomic mass is 16.5. The number of hydrogen-bond donors (Lipinski definition) is 1. The molecule has 0 atom stereocenters. The average Bonchev–Trinajstić information content (AvgIpc) is 2.36. The Morgan fingerprint density at radius 2 is 2.00 bits per heavy atom. The Hall–Kier alpha value is -1.06. The third kappa shape index (κ3) is 6.60. The zero-order valence-electron chi connectivity index (χ0n) is 12.7. The maximum absolute atomic E-state index is 5.64. The molecule has 0 radical (unpaired) electrons. The van der Waals surface area contributed by atoms with Crippen LogP contribution in [0.15, 0.2) is 18.2 Å². The summed E-state index contributed by atoms with van der Waals surface area (Å²) >= 11 is 0. The van der Waals surface area contributed by atoms with Gasteiger partial charge in [0.15, 0.2) is 0 Å². The molecule has 0 heterocycles. The number of hydrogen-bond acceptors (Lipinski definition) is 3. The topological polar surface area (TPSA) is 30.5 Å². The normalized spacial score (nSPS) is 11.0. The quantitative estimate of drug-likeness (QED) is 0.696. The van der Waals surface area contributed by atoms with Crippen LogP contribution >= 0.6 is 0 Å². The van der Waals surface area contributed by atoms with E-state index in [0.717, 1.165) is 31.9 Å². The summed E-state index contributed by atoms with van der Waals surface area (Å²) < 4.78 is 11.3. The van der Waals surface area contributed by atoms with Crippen molar-refractivity contribution in [1.29, 1.82) is 0 Å². The number of ether oxygens (including phenoxy) is 2. The van der Waals surface area contributed by atoms with E-state index < -0.39 is 0 Å². The molecule has 1 rings (SSSR count). The van der Waals surface area contributed by atoms with E-state index in [9.17, 15) is 0 Å². The van der Waals surface area contributed by atoms with Crippen molar-refractivity contribution in [3.05, 3.63) is 29.3 Å². The SMILES string of the molecule is CCOc1ccc(C)cc1CCOCCNC(C)C. The second-order valence-corrected chi connectivity index (χ2v) is 5.02. The van der Waals surface area contributed by atoms with Gasteiger partial charge < -0.3 is 14.8 Å². The molecule has 1 aromatic carbocycles. The van der Waals surface area contributed by atoms with Crippen LogP contribution in [0.1, 0.15) is 31.9 Å². The fourth-order valence-electron chi connectivity index (χ4n) is 1.90. The molecule has 19 heavy (non-hydrogen) atoms. The van der Waals surface area contributed by atoms with Crippen molar-refractivity contribution < 1.29 is 9.47 Å². The van der Waals surface area contributed by atoms with Crippen LogP contribution in [0.4, 0.5) is 0 Å². The fraction of sp³-hybridized carbons (Fsp3) is 0.625. The van der Waals surface area contributed by atoms with Crippen LogP contribution in [0.2, 0.25) is 0 Å². The van der Waals surface area contributed by atoms with E-state index in [1.807, 2.05) is 6.92 Å². The van der Waals surface area contributed by atoms with Crippen LogP contribution in [0, 0.1) is 6.92 Å². The number of rotatable bonds is 9. The first-order valence-electron chi connectivity index (χ1n) is 7.17. The zero-order valence-corrected chi connectivity index (χ0v) is 12.7. The van der Waals surface area contributed by atoms with Crippen molar-refractivity contribution in [3.8, 4) is 5.75 Å². The van der Waals surface area contributed by atoms with E-state index in [2.05, 4.69) is 44.3 Å². The third-order valence-electron chi connectivity index (χ3n) is 2.83. The minimum Gasteiger partial charge on any atom is -0.494 e. The highest BCUT2D eigenvalue weighted by Crippen LogP contribution is 2.20. The van der Waals surface area contributed by atoms with Crippen LogP contribution < -0.4 is 10.1 Å². The smallest absolute Gasteiger partial charge is 0.122 e. The number of nitrogens with one attached hydrogen (secondary N) is 1. The molecule has 0 fully saturated rings. The van der Waals surface area contributed by atoms with Gasteiger partial charge in [-0.1, -0.05) is 31.5 Å². The maximum Gasteiger partial charge on any atom is 0.122 e. The van der Waals surface area contributed by atoms with Gasteiger partial charge in [-0.05, 0) is 31.9 Å². The van der Waals surface area contributed by atoms with Gasteiger partial charge in [-0.3, -0.25) is 0 Å². The summed E-state index contributed by atoms with van der Waals surface area (Å²) in [5.74, 6) is 0.983. The molecular formula is C16H27NO2. The Morgan fingerprint density at radius 1 is 1.21 bits per heavy atom. The Bertz CT molecular complexity index is 364. The molecule has 0 saturated heterocycles. The Balaban J connectivity index is 2.33. The molecule has 0 bridgehead atoms. The molecule has 0 aliphatic rings. The molecule has 0 aliphatic heterocycles. The van der Waals surface area contributed by atoms with Crippen LogP contribution in [0.25, 0.3) is 0 Å². The van der Waals surface area contributed by atoms with Gasteiger partial charge >= 0.3 is 0 Å². The second-order valence-electron chi connectivity index (χ2n) is 5.02. The largest absolute Gasteiger partial charge is 0.494 e. The van der Waals surface area contributed by atoms with Gasteiger partial charge in [-0.15, -0.1) is 0 Å². The summed E-state index contributed by atoms with van der Waals surface area (Å²) in [6.45, 7) is 11.5. The number of benzene rings is 1. The van der Waals surface area contributed by atoms with Crippen LogP contribution in [-0.4, -0.2) is 32.4 Å². The summed E-state index contributed by atoms with van der Waals surface area (Å²) in [5.41, 5.74) is 2.50. The standard InChI is InChI=1S/C16H27NO2/c1-5-19-16-7-6-14(4)12-15(16)8-10-18-11-9-17-13(2)3/h6-7,12-13,17H,5,8-11H2,1-4H3. The van der Waals surface area contributed by atoms with E-state index in [0.29, 0.717) is 12.6 Å².